The number of carbonyl (C=O) groups excluding carboxylic acids is 1. The second-order valence-electron chi connectivity index (χ2n) is 5.28. The van der Waals surface area contributed by atoms with E-state index >= 15 is 0 Å². The fourth-order valence-corrected chi connectivity index (χ4v) is 2.92. The normalized spacial score (nSPS) is 11.1. The summed E-state index contributed by atoms with van der Waals surface area (Å²) in [6.45, 7) is 1.75. The summed E-state index contributed by atoms with van der Waals surface area (Å²) in [6.07, 6.45) is 1.83. The molecular formula is C16H13N5O3S. The first-order chi connectivity index (χ1) is 12.2. The average Bonchev–Trinajstić information content (AvgIpc) is 3.32. The molecule has 3 aromatic heterocycles. The van der Waals surface area contributed by atoms with E-state index < -0.39 is 0 Å². The highest BCUT2D eigenvalue weighted by Gasteiger charge is 2.15. The highest BCUT2D eigenvalue weighted by atomic mass is 32.2. The van der Waals surface area contributed by atoms with Crippen LogP contribution in [0.2, 0.25) is 0 Å². The summed E-state index contributed by atoms with van der Waals surface area (Å²) in [5.74, 6) is 1.32. The van der Waals surface area contributed by atoms with E-state index in [1.54, 1.807) is 13.0 Å². The van der Waals surface area contributed by atoms with Gasteiger partial charge in [0, 0.05) is 23.2 Å². The molecule has 2 N–H and O–H groups in total. The van der Waals surface area contributed by atoms with Gasteiger partial charge >= 0.3 is 0 Å². The van der Waals surface area contributed by atoms with Crippen LogP contribution in [0.5, 0.6) is 0 Å². The predicted octanol–water partition coefficient (Wildman–Crippen LogP) is 3.25. The first-order valence-corrected chi connectivity index (χ1v) is 8.43. The number of nitrogens with one attached hydrogen (secondary N) is 2. The number of hydrogen-bond acceptors (Lipinski definition) is 7. The third-order valence-corrected chi connectivity index (χ3v) is 4.27. The molecule has 1 amide bonds. The second kappa shape index (κ2) is 6.44. The first kappa shape index (κ1) is 15.5. The molecule has 0 fully saturated rings. The number of aromatic nitrogens is 4. The van der Waals surface area contributed by atoms with Gasteiger partial charge in [-0.3, -0.25) is 4.79 Å². The minimum absolute atomic E-state index is 0.126. The van der Waals surface area contributed by atoms with Gasteiger partial charge in [-0.2, -0.15) is 0 Å². The number of carbonyl (C=O) groups is 1. The lowest BCUT2D eigenvalue weighted by Crippen LogP contribution is -2.14. The Morgan fingerprint density at radius 1 is 1.32 bits per heavy atom. The molecule has 3 heterocycles. The van der Waals surface area contributed by atoms with E-state index in [4.69, 9.17) is 8.94 Å². The standard InChI is InChI=1S/C16H13N5O3S/c1-9-6-13(21-24-9)18-14(22)8-25-16-20-19-15(23-16)11-7-17-12-5-3-2-4-10(11)12/h2-7,17H,8H2,1H3,(H,18,21,22). The van der Waals surface area contributed by atoms with Crippen molar-refractivity contribution in [1.29, 1.82) is 0 Å². The summed E-state index contributed by atoms with van der Waals surface area (Å²) >= 11 is 1.16. The Bertz CT molecular complexity index is 1040. The van der Waals surface area contributed by atoms with Crippen LogP contribution in [0.3, 0.4) is 0 Å². The quantitative estimate of drug-likeness (QED) is 0.529. The Hall–Kier alpha value is -3.07. The maximum atomic E-state index is 11.9. The van der Waals surface area contributed by atoms with E-state index in [9.17, 15) is 4.79 Å². The van der Waals surface area contributed by atoms with Crippen LogP contribution in [0.1, 0.15) is 5.76 Å². The number of benzene rings is 1. The number of aryl methyl sites for hydroxylation is 1. The van der Waals surface area contributed by atoms with Crippen molar-refractivity contribution in [2.75, 3.05) is 11.1 Å². The Morgan fingerprint density at radius 3 is 3.04 bits per heavy atom. The number of H-pyrrole nitrogens is 1. The van der Waals surface area contributed by atoms with Gasteiger partial charge in [0.1, 0.15) is 5.76 Å². The van der Waals surface area contributed by atoms with Crippen LogP contribution >= 0.6 is 11.8 Å². The molecule has 25 heavy (non-hydrogen) atoms. The van der Waals surface area contributed by atoms with Crippen molar-refractivity contribution in [3.05, 3.63) is 42.3 Å². The zero-order valence-corrected chi connectivity index (χ0v) is 14.0. The van der Waals surface area contributed by atoms with Crippen LogP contribution in [0.4, 0.5) is 5.82 Å². The number of thioether (sulfide) groups is 1. The number of anilines is 1. The lowest BCUT2D eigenvalue weighted by molar-refractivity contribution is -0.113. The number of rotatable bonds is 5. The van der Waals surface area contributed by atoms with Crippen molar-refractivity contribution in [2.24, 2.45) is 0 Å². The largest absolute Gasteiger partial charge is 0.411 e. The lowest BCUT2D eigenvalue weighted by Gasteiger charge is -1.98. The van der Waals surface area contributed by atoms with Crippen molar-refractivity contribution >= 4 is 34.4 Å². The number of aromatic amines is 1. The molecule has 8 nitrogen and oxygen atoms in total. The minimum Gasteiger partial charge on any atom is -0.411 e. The predicted molar refractivity (Wildman–Crippen MR) is 92.2 cm³/mol. The van der Waals surface area contributed by atoms with E-state index in [1.807, 2.05) is 30.5 Å². The van der Waals surface area contributed by atoms with E-state index in [-0.39, 0.29) is 11.7 Å². The summed E-state index contributed by atoms with van der Waals surface area (Å²) < 4.78 is 10.5. The molecule has 126 valence electrons. The summed E-state index contributed by atoms with van der Waals surface area (Å²) in [6, 6.07) is 9.49. The highest BCUT2D eigenvalue weighted by molar-refractivity contribution is 7.99. The van der Waals surface area contributed by atoms with Crippen molar-refractivity contribution in [1.82, 2.24) is 20.3 Å². The van der Waals surface area contributed by atoms with Gasteiger partial charge in [-0.25, -0.2) is 0 Å². The number of para-hydroxylation sites is 1. The molecule has 0 aliphatic heterocycles. The average molecular weight is 355 g/mol. The van der Waals surface area contributed by atoms with E-state index in [0.717, 1.165) is 28.2 Å². The number of amides is 1. The topological polar surface area (TPSA) is 110 Å². The van der Waals surface area contributed by atoms with E-state index in [2.05, 4.69) is 25.7 Å². The third kappa shape index (κ3) is 3.26. The SMILES string of the molecule is Cc1cc(NC(=O)CSc2nnc(-c3c[nH]c4ccccc34)o2)no1. The zero-order valence-electron chi connectivity index (χ0n) is 13.1. The smallest absolute Gasteiger partial charge is 0.277 e. The Morgan fingerprint density at radius 2 is 2.20 bits per heavy atom. The molecule has 0 unspecified atom stereocenters. The van der Waals surface area contributed by atoms with Crippen LogP contribution in [-0.4, -0.2) is 32.0 Å². The molecule has 0 saturated carbocycles. The lowest BCUT2D eigenvalue weighted by atomic mass is 10.2. The zero-order chi connectivity index (χ0) is 17.2. The van der Waals surface area contributed by atoms with Gasteiger partial charge in [0.25, 0.3) is 11.1 Å². The van der Waals surface area contributed by atoms with Crippen molar-refractivity contribution in [3.63, 3.8) is 0 Å². The van der Waals surface area contributed by atoms with Crippen LogP contribution in [0.15, 0.2) is 50.7 Å². The summed E-state index contributed by atoms with van der Waals surface area (Å²) in [5, 5.41) is 15.7. The fourth-order valence-electron chi connectivity index (χ4n) is 2.36. The summed E-state index contributed by atoms with van der Waals surface area (Å²) in [4.78, 5) is 15.1. The monoisotopic (exact) mass is 355 g/mol. The van der Waals surface area contributed by atoms with Crippen LogP contribution in [0, 0.1) is 6.92 Å². The van der Waals surface area contributed by atoms with Gasteiger partial charge in [-0.15, -0.1) is 10.2 Å². The molecule has 0 aliphatic carbocycles. The maximum absolute atomic E-state index is 11.9. The van der Waals surface area contributed by atoms with E-state index in [1.165, 1.54) is 0 Å². The van der Waals surface area contributed by atoms with Gasteiger partial charge < -0.3 is 19.2 Å². The molecule has 0 aliphatic rings. The van der Waals surface area contributed by atoms with Gasteiger partial charge in [-0.1, -0.05) is 35.1 Å². The van der Waals surface area contributed by atoms with Crippen molar-refractivity contribution in [2.45, 2.75) is 12.1 Å². The summed E-state index contributed by atoms with van der Waals surface area (Å²) in [5.41, 5.74) is 1.82. The Balaban J connectivity index is 1.42. The number of nitrogens with zero attached hydrogens (tertiary/aromatic N) is 3. The third-order valence-electron chi connectivity index (χ3n) is 3.45. The molecule has 0 radical (unpaired) electrons. The summed E-state index contributed by atoms with van der Waals surface area (Å²) in [7, 11) is 0. The fraction of sp³-hybridized carbons (Fsp3) is 0.125. The van der Waals surface area contributed by atoms with Crippen molar-refractivity contribution in [3.8, 4) is 11.5 Å². The molecule has 1 aromatic carbocycles. The second-order valence-corrected chi connectivity index (χ2v) is 6.21. The Kier molecular flexibility index (Phi) is 3.98. The van der Waals surface area contributed by atoms with Gasteiger partial charge in [0.15, 0.2) is 5.82 Å². The minimum atomic E-state index is -0.231. The van der Waals surface area contributed by atoms with Crippen LogP contribution in [0.25, 0.3) is 22.4 Å². The molecule has 4 rings (SSSR count). The van der Waals surface area contributed by atoms with Gasteiger partial charge in [0.2, 0.25) is 5.91 Å². The molecule has 9 heteroatoms. The molecule has 4 aromatic rings. The van der Waals surface area contributed by atoms with Crippen molar-refractivity contribution < 1.29 is 13.7 Å². The van der Waals surface area contributed by atoms with E-state index in [0.29, 0.717) is 22.7 Å². The molecular weight excluding hydrogens is 342 g/mol. The number of fused-ring (bicyclic) bond motifs is 1. The van der Waals surface area contributed by atoms with Crippen LogP contribution in [-0.2, 0) is 4.79 Å². The first-order valence-electron chi connectivity index (χ1n) is 7.45. The molecule has 0 atom stereocenters. The molecule has 0 spiro atoms. The Labute approximate surface area is 146 Å². The highest BCUT2D eigenvalue weighted by Crippen LogP contribution is 2.29. The van der Waals surface area contributed by atoms with Gasteiger partial charge in [-0.05, 0) is 13.0 Å². The molecule has 0 bridgehead atoms. The van der Waals surface area contributed by atoms with Gasteiger partial charge in [0.05, 0.1) is 11.3 Å². The number of hydrogen-bond donors (Lipinski definition) is 2. The van der Waals surface area contributed by atoms with Crippen LogP contribution < -0.4 is 5.32 Å². The maximum Gasteiger partial charge on any atom is 0.277 e. The molecule has 0 saturated heterocycles.